The molecule has 2 aromatic rings. The third kappa shape index (κ3) is 2.81. The Bertz CT molecular complexity index is 605. The first-order valence-corrected chi connectivity index (χ1v) is 6.05. The molecule has 0 unspecified atom stereocenters. The highest BCUT2D eigenvalue weighted by atomic mass is 19.1. The predicted octanol–water partition coefficient (Wildman–Crippen LogP) is 2.91. The van der Waals surface area contributed by atoms with E-state index < -0.39 is 5.97 Å². The molecule has 0 atom stereocenters. The molecule has 0 spiro atoms. The fraction of sp³-hybridized carbons (Fsp3) is 0.286. The quantitative estimate of drug-likeness (QED) is 0.921. The number of carbonyl (C=O) groups is 1. The van der Waals surface area contributed by atoms with Crippen LogP contribution in [0.3, 0.4) is 0 Å². The fourth-order valence-corrected chi connectivity index (χ4v) is 1.97. The molecule has 0 saturated heterocycles. The second-order valence-corrected chi connectivity index (χ2v) is 4.80. The fourth-order valence-electron chi connectivity index (χ4n) is 1.97. The first-order valence-electron chi connectivity index (χ1n) is 6.05. The molecule has 2 rings (SSSR count). The van der Waals surface area contributed by atoms with Crippen molar-refractivity contribution in [3.8, 4) is 5.69 Å². The van der Waals surface area contributed by atoms with Crippen LogP contribution >= 0.6 is 0 Å². The molecule has 0 aliphatic carbocycles. The Kier molecular flexibility index (Phi) is 3.64. The third-order valence-electron chi connectivity index (χ3n) is 2.75. The Balaban J connectivity index is 2.54. The second-order valence-electron chi connectivity index (χ2n) is 4.80. The van der Waals surface area contributed by atoms with Crippen LogP contribution in [0.5, 0.6) is 0 Å². The summed E-state index contributed by atoms with van der Waals surface area (Å²) < 4.78 is 14.7. The van der Waals surface area contributed by atoms with E-state index in [1.165, 1.54) is 23.0 Å². The van der Waals surface area contributed by atoms with Crippen molar-refractivity contribution in [2.75, 3.05) is 0 Å². The molecule has 0 saturated carbocycles. The summed E-state index contributed by atoms with van der Waals surface area (Å²) in [5, 5.41) is 13.2. The van der Waals surface area contributed by atoms with Crippen LogP contribution in [0.1, 0.15) is 29.9 Å². The van der Waals surface area contributed by atoms with E-state index in [1.54, 1.807) is 12.1 Å². The van der Waals surface area contributed by atoms with Gasteiger partial charge < -0.3 is 5.11 Å². The maximum absolute atomic E-state index is 13.3. The first kappa shape index (κ1) is 13.3. The summed E-state index contributed by atoms with van der Waals surface area (Å²) >= 11 is 0. The van der Waals surface area contributed by atoms with Crippen LogP contribution in [-0.4, -0.2) is 20.9 Å². The molecule has 100 valence electrons. The van der Waals surface area contributed by atoms with Crippen molar-refractivity contribution >= 4 is 5.97 Å². The van der Waals surface area contributed by atoms with Crippen LogP contribution in [0, 0.1) is 11.7 Å². The summed E-state index contributed by atoms with van der Waals surface area (Å²) in [6, 6.07) is 5.95. The lowest BCUT2D eigenvalue weighted by Gasteiger charge is -2.10. The lowest BCUT2D eigenvalue weighted by Crippen LogP contribution is -2.09. The zero-order chi connectivity index (χ0) is 14.0. The Labute approximate surface area is 110 Å². The Morgan fingerprint density at radius 2 is 2.21 bits per heavy atom. The molecule has 0 amide bonds. The SMILES string of the molecule is CC(C)Cc1c(C(=O)O)cnn1-c1cccc(F)c1. The smallest absolute Gasteiger partial charge is 0.339 e. The topological polar surface area (TPSA) is 55.1 Å². The van der Waals surface area contributed by atoms with Gasteiger partial charge in [-0.05, 0) is 30.5 Å². The maximum Gasteiger partial charge on any atom is 0.339 e. The molecule has 0 aliphatic rings. The van der Waals surface area contributed by atoms with Crippen LogP contribution in [0.2, 0.25) is 0 Å². The average molecular weight is 262 g/mol. The minimum Gasteiger partial charge on any atom is -0.478 e. The van der Waals surface area contributed by atoms with Crippen molar-refractivity contribution < 1.29 is 14.3 Å². The summed E-state index contributed by atoms with van der Waals surface area (Å²) in [6.45, 7) is 3.99. The zero-order valence-electron chi connectivity index (χ0n) is 10.8. The molecule has 1 heterocycles. The minimum absolute atomic E-state index is 0.165. The van der Waals surface area contributed by atoms with E-state index in [0.717, 1.165) is 0 Å². The number of rotatable bonds is 4. The molecule has 1 aromatic heterocycles. The molecule has 1 N–H and O–H groups in total. The van der Waals surface area contributed by atoms with Crippen LogP contribution in [-0.2, 0) is 6.42 Å². The number of carboxylic acids is 1. The van der Waals surface area contributed by atoms with Gasteiger partial charge in [0.1, 0.15) is 11.4 Å². The molecular formula is C14H15FN2O2. The monoisotopic (exact) mass is 262 g/mol. The maximum atomic E-state index is 13.3. The van der Waals surface area contributed by atoms with Crippen LogP contribution < -0.4 is 0 Å². The van der Waals surface area contributed by atoms with Gasteiger partial charge in [0.2, 0.25) is 0 Å². The molecule has 4 nitrogen and oxygen atoms in total. The van der Waals surface area contributed by atoms with Gasteiger partial charge in [-0.3, -0.25) is 0 Å². The molecule has 0 aliphatic heterocycles. The number of benzene rings is 1. The van der Waals surface area contributed by atoms with Crippen molar-refractivity contribution in [1.82, 2.24) is 9.78 Å². The van der Waals surface area contributed by atoms with E-state index in [-0.39, 0.29) is 17.3 Å². The van der Waals surface area contributed by atoms with E-state index in [4.69, 9.17) is 5.11 Å². The van der Waals surface area contributed by atoms with Gasteiger partial charge in [-0.15, -0.1) is 0 Å². The van der Waals surface area contributed by atoms with Gasteiger partial charge >= 0.3 is 5.97 Å². The lowest BCUT2D eigenvalue weighted by molar-refractivity contribution is 0.0695. The largest absolute Gasteiger partial charge is 0.478 e. The molecule has 5 heteroatoms. The van der Waals surface area contributed by atoms with Gasteiger partial charge in [0.15, 0.2) is 0 Å². The number of nitrogens with zero attached hydrogens (tertiary/aromatic N) is 2. The van der Waals surface area contributed by atoms with Crippen LogP contribution in [0.25, 0.3) is 5.69 Å². The van der Waals surface area contributed by atoms with Gasteiger partial charge in [0.05, 0.1) is 17.6 Å². The highest BCUT2D eigenvalue weighted by Crippen LogP contribution is 2.19. The molecular weight excluding hydrogens is 247 g/mol. The summed E-state index contributed by atoms with van der Waals surface area (Å²) in [7, 11) is 0. The minimum atomic E-state index is -1.02. The number of aromatic carboxylic acids is 1. The van der Waals surface area contributed by atoms with Crippen molar-refractivity contribution in [2.24, 2.45) is 5.92 Å². The number of aromatic nitrogens is 2. The highest BCUT2D eigenvalue weighted by Gasteiger charge is 2.18. The molecule has 0 fully saturated rings. The number of halogens is 1. The standard InChI is InChI=1S/C14H15FN2O2/c1-9(2)6-13-12(14(18)19)8-16-17(13)11-5-3-4-10(15)7-11/h3-5,7-9H,6H2,1-2H3,(H,18,19). The summed E-state index contributed by atoms with van der Waals surface area (Å²) in [5.41, 5.74) is 1.29. The van der Waals surface area contributed by atoms with E-state index in [2.05, 4.69) is 5.10 Å². The van der Waals surface area contributed by atoms with E-state index >= 15 is 0 Å². The molecule has 0 radical (unpaired) electrons. The number of hydrogen-bond donors (Lipinski definition) is 1. The van der Waals surface area contributed by atoms with E-state index in [0.29, 0.717) is 17.8 Å². The van der Waals surface area contributed by atoms with E-state index in [1.807, 2.05) is 13.8 Å². The van der Waals surface area contributed by atoms with Crippen molar-refractivity contribution in [1.29, 1.82) is 0 Å². The second kappa shape index (κ2) is 5.22. The lowest BCUT2D eigenvalue weighted by atomic mass is 10.0. The van der Waals surface area contributed by atoms with Gasteiger partial charge in [0, 0.05) is 0 Å². The van der Waals surface area contributed by atoms with Gasteiger partial charge in [-0.2, -0.15) is 5.10 Å². The zero-order valence-corrected chi connectivity index (χ0v) is 10.8. The van der Waals surface area contributed by atoms with Gasteiger partial charge in [-0.1, -0.05) is 19.9 Å². The molecule has 19 heavy (non-hydrogen) atoms. The Hall–Kier alpha value is -2.17. The Morgan fingerprint density at radius 3 is 2.79 bits per heavy atom. The molecule has 1 aromatic carbocycles. The van der Waals surface area contributed by atoms with Crippen molar-refractivity contribution in [3.05, 3.63) is 47.5 Å². The number of hydrogen-bond acceptors (Lipinski definition) is 2. The molecule has 0 bridgehead atoms. The third-order valence-corrected chi connectivity index (χ3v) is 2.75. The summed E-state index contributed by atoms with van der Waals surface area (Å²) in [5.74, 6) is -1.11. The predicted molar refractivity (Wildman–Crippen MR) is 69.0 cm³/mol. The van der Waals surface area contributed by atoms with Crippen LogP contribution in [0.4, 0.5) is 4.39 Å². The van der Waals surface area contributed by atoms with Crippen molar-refractivity contribution in [3.63, 3.8) is 0 Å². The Morgan fingerprint density at radius 1 is 1.47 bits per heavy atom. The highest BCUT2D eigenvalue weighted by molar-refractivity contribution is 5.88. The number of carboxylic acid groups (broad SMARTS) is 1. The summed E-state index contributed by atoms with van der Waals surface area (Å²) in [6.07, 6.45) is 1.88. The van der Waals surface area contributed by atoms with Crippen molar-refractivity contribution in [2.45, 2.75) is 20.3 Å². The summed E-state index contributed by atoms with van der Waals surface area (Å²) in [4.78, 5) is 11.2. The first-order chi connectivity index (χ1) is 8.99. The average Bonchev–Trinajstić information content (AvgIpc) is 2.71. The van der Waals surface area contributed by atoms with Gasteiger partial charge in [-0.25, -0.2) is 13.9 Å². The normalized spacial score (nSPS) is 10.9. The van der Waals surface area contributed by atoms with Gasteiger partial charge in [0.25, 0.3) is 0 Å². The van der Waals surface area contributed by atoms with E-state index in [9.17, 15) is 9.18 Å². The van der Waals surface area contributed by atoms with Crippen LogP contribution in [0.15, 0.2) is 30.5 Å².